The van der Waals surface area contributed by atoms with Gasteiger partial charge in [0, 0.05) is 0 Å². The zero-order chi connectivity index (χ0) is 12.1. The molecule has 86 valence electrons. The molecule has 0 radical (unpaired) electrons. The van der Waals surface area contributed by atoms with E-state index >= 15 is 0 Å². The van der Waals surface area contributed by atoms with Gasteiger partial charge in [-0.3, -0.25) is 0 Å². The highest BCUT2D eigenvalue weighted by molar-refractivity contribution is 6.29. The molecule has 7 heteroatoms. The Hall–Kier alpha value is -1.53. The lowest BCUT2D eigenvalue weighted by Crippen LogP contribution is -2.24. The van der Waals surface area contributed by atoms with Crippen LogP contribution in [0.15, 0.2) is 12.2 Å². The quantitative estimate of drug-likeness (QED) is 0.412. The minimum absolute atomic E-state index is 0.0614. The molecule has 0 atom stereocenters. The molecule has 0 rings (SSSR count). The van der Waals surface area contributed by atoms with Gasteiger partial charge < -0.3 is 9.47 Å². The van der Waals surface area contributed by atoms with Gasteiger partial charge in [0.15, 0.2) is 0 Å². The van der Waals surface area contributed by atoms with E-state index in [1.807, 2.05) is 0 Å². The number of esters is 2. The molecule has 0 fully saturated rings. The van der Waals surface area contributed by atoms with Gasteiger partial charge in [-0.05, 0) is 6.92 Å². The maximum atomic E-state index is 11.8. The third-order valence-electron chi connectivity index (χ3n) is 1.22. The first-order valence-corrected chi connectivity index (χ1v) is 3.88. The van der Waals surface area contributed by atoms with E-state index in [1.165, 1.54) is 6.92 Å². The highest BCUT2D eigenvalue weighted by atomic mass is 19.4. The first kappa shape index (κ1) is 13.5. The Morgan fingerprint density at radius 2 is 1.67 bits per heavy atom. The second-order valence-electron chi connectivity index (χ2n) is 2.40. The molecule has 0 amide bonds. The first-order chi connectivity index (χ1) is 6.79. The van der Waals surface area contributed by atoms with Crippen LogP contribution in [0, 0.1) is 0 Å². The predicted molar refractivity (Wildman–Crippen MR) is 42.8 cm³/mol. The molecule has 0 saturated carbocycles. The van der Waals surface area contributed by atoms with Gasteiger partial charge in [-0.15, -0.1) is 0 Å². The monoisotopic (exact) mass is 226 g/mol. The normalized spacial score (nSPS) is 10.7. The topological polar surface area (TPSA) is 52.6 Å². The van der Waals surface area contributed by atoms with E-state index in [0.29, 0.717) is 0 Å². The second kappa shape index (κ2) is 5.38. The van der Waals surface area contributed by atoms with Crippen LogP contribution >= 0.6 is 0 Å². The summed E-state index contributed by atoms with van der Waals surface area (Å²) in [5.74, 6) is -2.80. The van der Waals surface area contributed by atoms with Crippen molar-refractivity contribution in [3.05, 3.63) is 12.2 Å². The predicted octanol–water partition coefficient (Wildman–Crippen LogP) is 1.21. The standard InChI is InChI=1S/C8H9F3O4/c1-3-14-6(12)7(13)15-4-5(2)8(9,10)11/h2-4H2,1H3. The Kier molecular flexibility index (Phi) is 4.83. The maximum Gasteiger partial charge on any atom is 0.417 e. The molecule has 0 aromatic carbocycles. The average molecular weight is 226 g/mol. The Labute approximate surface area is 83.7 Å². The number of ether oxygens (including phenoxy) is 2. The summed E-state index contributed by atoms with van der Waals surface area (Å²) in [5.41, 5.74) is -1.25. The lowest BCUT2D eigenvalue weighted by Gasteiger charge is -2.09. The fraction of sp³-hybridized carbons (Fsp3) is 0.500. The fourth-order valence-corrected chi connectivity index (χ4v) is 0.483. The van der Waals surface area contributed by atoms with Crippen molar-refractivity contribution in [2.24, 2.45) is 0 Å². The molecule has 0 saturated heterocycles. The van der Waals surface area contributed by atoms with Crippen LogP contribution < -0.4 is 0 Å². The van der Waals surface area contributed by atoms with Crippen molar-refractivity contribution in [2.75, 3.05) is 13.2 Å². The van der Waals surface area contributed by atoms with Gasteiger partial charge >= 0.3 is 18.1 Å². The zero-order valence-electron chi connectivity index (χ0n) is 7.89. The maximum absolute atomic E-state index is 11.8. The Morgan fingerprint density at radius 3 is 2.07 bits per heavy atom. The summed E-state index contributed by atoms with van der Waals surface area (Å²) in [5, 5.41) is 0. The van der Waals surface area contributed by atoms with Gasteiger partial charge in [-0.1, -0.05) is 6.58 Å². The van der Waals surface area contributed by atoms with Gasteiger partial charge in [0.2, 0.25) is 0 Å². The fourth-order valence-electron chi connectivity index (χ4n) is 0.483. The average Bonchev–Trinajstić information content (AvgIpc) is 2.12. The first-order valence-electron chi connectivity index (χ1n) is 3.88. The molecular weight excluding hydrogens is 217 g/mol. The second-order valence-corrected chi connectivity index (χ2v) is 2.40. The Balaban J connectivity index is 4.02. The molecule has 0 aromatic rings. The van der Waals surface area contributed by atoms with Crippen molar-refractivity contribution in [3.8, 4) is 0 Å². The number of carbonyl (C=O) groups excluding carboxylic acids is 2. The lowest BCUT2D eigenvalue weighted by molar-refractivity contribution is -0.168. The smallest absolute Gasteiger partial charge is 0.417 e. The zero-order valence-corrected chi connectivity index (χ0v) is 7.89. The highest BCUT2D eigenvalue weighted by Crippen LogP contribution is 2.23. The van der Waals surface area contributed by atoms with E-state index < -0.39 is 30.3 Å². The van der Waals surface area contributed by atoms with E-state index in [2.05, 4.69) is 16.1 Å². The summed E-state index contributed by atoms with van der Waals surface area (Å²) < 4.78 is 43.7. The number of rotatable bonds is 3. The Morgan fingerprint density at radius 1 is 1.20 bits per heavy atom. The van der Waals surface area contributed by atoms with Crippen LogP contribution in [0.4, 0.5) is 13.2 Å². The van der Waals surface area contributed by atoms with Gasteiger partial charge in [-0.2, -0.15) is 13.2 Å². The highest BCUT2D eigenvalue weighted by Gasteiger charge is 2.33. The van der Waals surface area contributed by atoms with Crippen LogP contribution in [0.5, 0.6) is 0 Å². The molecule has 0 unspecified atom stereocenters. The molecule has 0 bridgehead atoms. The summed E-state index contributed by atoms with van der Waals surface area (Å²) in [6, 6.07) is 0. The van der Waals surface area contributed by atoms with E-state index in [0.717, 1.165) is 0 Å². The molecule has 0 aliphatic carbocycles. The Bertz CT molecular complexity index is 270. The molecule has 15 heavy (non-hydrogen) atoms. The molecule has 0 heterocycles. The minimum atomic E-state index is -4.64. The van der Waals surface area contributed by atoms with Crippen molar-refractivity contribution in [1.82, 2.24) is 0 Å². The number of halogens is 3. The molecular formula is C8H9F3O4. The molecule has 4 nitrogen and oxygen atoms in total. The molecule has 0 N–H and O–H groups in total. The van der Waals surface area contributed by atoms with E-state index in [1.54, 1.807) is 0 Å². The van der Waals surface area contributed by atoms with Crippen LogP contribution in [0.25, 0.3) is 0 Å². The van der Waals surface area contributed by atoms with Crippen molar-refractivity contribution < 1.29 is 32.2 Å². The van der Waals surface area contributed by atoms with E-state index in [4.69, 9.17) is 0 Å². The van der Waals surface area contributed by atoms with Crippen LogP contribution in [-0.2, 0) is 19.1 Å². The summed E-state index contributed by atoms with van der Waals surface area (Å²) in [7, 11) is 0. The number of carbonyl (C=O) groups is 2. The van der Waals surface area contributed by atoms with E-state index in [9.17, 15) is 22.8 Å². The largest absolute Gasteiger partial charge is 0.458 e. The summed E-state index contributed by atoms with van der Waals surface area (Å²) in [6.45, 7) is 2.95. The van der Waals surface area contributed by atoms with Crippen LogP contribution in [0.2, 0.25) is 0 Å². The minimum Gasteiger partial charge on any atom is -0.458 e. The number of hydrogen-bond donors (Lipinski definition) is 0. The third-order valence-corrected chi connectivity index (χ3v) is 1.22. The van der Waals surface area contributed by atoms with Crippen molar-refractivity contribution >= 4 is 11.9 Å². The molecule has 0 aliphatic heterocycles. The molecule has 0 spiro atoms. The number of hydrogen-bond acceptors (Lipinski definition) is 4. The third kappa shape index (κ3) is 5.04. The number of alkyl halides is 3. The van der Waals surface area contributed by atoms with Gasteiger partial charge in [0.25, 0.3) is 0 Å². The van der Waals surface area contributed by atoms with Crippen molar-refractivity contribution in [3.63, 3.8) is 0 Å². The SMILES string of the molecule is C=C(COC(=O)C(=O)OCC)C(F)(F)F. The summed E-state index contributed by atoms with van der Waals surface area (Å²) in [6.07, 6.45) is -4.64. The van der Waals surface area contributed by atoms with Gasteiger partial charge in [-0.25, -0.2) is 9.59 Å². The molecule has 0 aliphatic rings. The van der Waals surface area contributed by atoms with Crippen molar-refractivity contribution in [2.45, 2.75) is 13.1 Å². The van der Waals surface area contributed by atoms with E-state index in [-0.39, 0.29) is 6.61 Å². The van der Waals surface area contributed by atoms with Crippen LogP contribution in [-0.4, -0.2) is 31.3 Å². The van der Waals surface area contributed by atoms with Crippen LogP contribution in [0.3, 0.4) is 0 Å². The van der Waals surface area contributed by atoms with Gasteiger partial charge in [0.05, 0.1) is 12.2 Å². The van der Waals surface area contributed by atoms with Crippen molar-refractivity contribution in [1.29, 1.82) is 0 Å². The van der Waals surface area contributed by atoms with Gasteiger partial charge in [0.1, 0.15) is 6.61 Å². The van der Waals surface area contributed by atoms with Crippen LogP contribution in [0.1, 0.15) is 6.92 Å². The molecule has 0 aromatic heterocycles. The lowest BCUT2D eigenvalue weighted by atomic mass is 10.3. The summed E-state index contributed by atoms with van der Waals surface area (Å²) >= 11 is 0. The summed E-state index contributed by atoms with van der Waals surface area (Å²) in [4.78, 5) is 21.3.